The Bertz CT molecular complexity index is 815. The molecule has 4 heteroatoms. The summed E-state index contributed by atoms with van der Waals surface area (Å²) >= 11 is 0. The summed E-state index contributed by atoms with van der Waals surface area (Å²) in [5.41, 5.74) is 3.80. The summed E-state index contributed by atoms with van der Waals surface area (Å²) in [7, 11) is 0. The molecule has 4 aliphatic rings. The fourth-order valence-electron chi connectivity index (χ4n) is 6.07. The van der Waals surface area contributed by atoms with E-state index in [4.69, 9.17) is 0 Å². The van der Waals surface area contributed by atoms with Crippen LogP contribution in [0.15, 0.2) is 29.3 Å². The van der Waals surface area contributed by atoms with Gasteiger partial charge in [-0.25, -0.2) is 0 Å². The molecule has 4 fully saturated rings. The van der Waals surface area contributed by atoms with Gasteiger partial charge in [-0.2, -0.15) is 5.26 Å². The van der Waals surface area contributed by atoms with Crippen LogP contribution in [0, 0.1) is 47.5 Å². The highest BCUT2D eigenvalue weighted by Gasteiger charge is 2.57. The van der Waals surface area contributed by atoms with Crippen LogP contribution >= 0.6 is 0 Å². The van der Waals surface area contributed by atoms with Gasteiger partial charge in [-0.15, -0.1) is 4.99 Å². The van der Waals surface area contributed by atoms with E-state index in [2.05, 4.69) is 66.7 Å². The Hall–Kier alpha value is -2.28. The van der Waals surface area contributed by atoms with Gasteiger partial charge in [0.15, 0.2) is 0 Å². The molecule has 0 heterocycles. The fraction of sp³-hybridized carbons (Fsp3) is 0.583. The van der Waals surface area contributed by atoms with Gasteiger partial charge >= 0.3 is 0 Å². The molecule has 5 rings (SSSR count). The largest absolute Gasteiger partial charge is 0.355 e. The second-order valence-corrected chi connectivity index (χ2v) is 9.57. The third kappa shape index (κ3) is 3.68. The van der Waals surface area contributed by atoms with Crippen molar-refractivity contribution < 1.29 is 0 Å². The highest BCUT2D eigenvalue weighted by Crippen LogP contribution is 2.65. The Morgan fingerprint density at radius 3 is 2.71 bits per heavy atom. The molecule has 1 aromatic carbocycles. The zero-order valence-corrected chi connectivity index (χ0v) is 17.3. The van der Waals surface area contributed by atoms with E-state index >= 15 is 0 Å². The van der Waals surface area contributed by atoms with Crippen LogP contribution in [0.5, 0.6) is 0 Å². The van der Waals surface area contributed by atoms with Gasteiger partial charge in [0, 0.05) is 12.2 Å². The van der Waals surface area contributed by atoms with E-state index < -0.39 is 0 Å². The van der Waals surface area contributed by atoms with Gasteiger partial charge in [0.25, 0.3) is 0 Å². The molecule has 2 atom stereocenters. The molecular weight excluding hydrogens is 344 g/mol. The molecular formula is C24H32N4. The number of hydrogen-bond acceptors (Lipinski definition) is 2. The van der Waals surface area contributed by atoms with Crippen molar-refractivity contribution in [2.75, 3.05) is 11.9 Å². The number of nitrogens with one attached hydrogen (secondary N) is 2. The van der Waals surface area contributed by atoms with E-state index in [1.54, 1.807) is 0 Å². The number of aliphatic imine (C=N–C) groups is 1. The number of rotatable bonds is 5. The Morgan fingerprint density at radius 2 is 2.04 bits per heavy atom. The summed E-state index contributed by atoms with van der Waals surface area (Å²) in [4.78, 5) is 4.05. The lowest BCUT2D eigenvalue weighted by atomic mass is 9.75. The van der Waals surface area contributed by atoms with Gasteiger partial charge in [0.1, 0.15) is 0 Å². The van der Waals surface area contributed by atoms with Crippen molar-refractivity contribution in [3.05, 3.63) is 35.4 Å². The predicted molar refractivity (Wildman–Crippen MR) is 116 cm³/mol. The zero-order valence-electron chi connectivity index (χ0n) is 17.3. The second-order valence-electron chi connectivity index (χ2n) is 9.57. The van der Waals surface area contributed by atoms with Gasteiger partial charge in [-0.3, -0.25) is 0 Å². The number of hydrogen-bond donors (Lipinski definition) is 2. The van der Waals surface area contributed by atoms with Crippen molar-refractivity contribution >= 4 is 17.7 Å². The number of allylic oxidation sites excluding steroid dienone is 1. The normalized spacial score (nSPS) is 31.0. The monoisotopic (exact) mass is 376 g/mol. The van der Waals surface area contributed by atoms with Gasteiger partial charge in [-0.1, -0.05) is 38.1 Å². The molecule has 0 aliphatic heterocycles. The van der Waals surface area contributed by atoms with Crippen LogP contribution in [-0.2, 0) is 0 Å². The number of benzene rings is 1. The maximum Gasteiger partial charge on any atom is 0.211 e. The lowest BCUT2D eigenvalue weighted by molar-refractivity contribution is 0.202. The third-order valence-electron chi connectivity index (χ3n) is 7.22. The minimum atomic E-state index is 0.433. The molecule has 1 aromatic rings. The first-order chi connectivity index (χ1) is 13.5. The Labute approximate surface area is 169 Å². The molecule has 4 saturated carbocycles. The topological polar surface area (TPSA) is 60.2 Å². The first-order valence-corrected chi connectivity index (χ1v) is 10.7. The van der Waals surface area contributed by atoms with E-state index in [0.717, 1.165) is 30.0 Å². The molecule has 2 unspecified atom stereocenters. The van der Waals surface area contributed by atoms with Crippen LogP contribution in [0.3, 0.4) is 0 Å². The number of anilines is 1. The van der Waals surface area contributed by atoms with Gasteiger partial charge in [0.05, 0.1) is 0 Å². The molecule has 4 aliphatic carbocycles. The Morgan fingerprint density at radius 1 is 1.29 bits per heavy atom. The molecule has 0 radical (unpaired) electrons. The molecule has 2 N–H and O–H groups in total. The Kier molecular flexibility index (Phi) is 5.19. The van der Waals surface area contributed by atoms with E-state index in [1.807, 2.05) is 6.19 Å². The maximum absolute atomic E-state index is 9.18. The van der Waals surface area contributed by atoms with E-state index in [9.17, 15) is 5.26 Å². The van der Waals surface area contributed by atoms with Crippen molar-refractivity contribution in [1.29, 1.82) is 5.26 Å². The predicted octanol–water partition coefficient (Wildman–Crippen LogP) is 5.33. The van der Waals surface area contributed by atoms with Gasteiger partial charge < -0.3 is 10.6 Å². The average Bonchev–Trinajstić information content (AvgIpc) is 3.04. The quantitative estimate of drug-likeness (QED) is 0.415. The van der Waals surface area contributed by atoms with Crippen molar-refractivity contribution in [3.8, 4) is 6.19 Å². The highest BCUT2D eigenvalue weighted by molar-refractivity contribution is 5.95. The van der Waals surface area contributed by atoms with Crippen LogP contribution < -0.4 is 10.6 Å². The lowest BCUT2D eigenvalue weighted by Crippen LogP contribution is -2.41. The summed E-state index contributed by atoms with van der Waals surface area (Å²) in [5, 5.41) is 16.1. The molecule has 4 nitrogen and oxygen atoms in total. The molecule has 0 aromatic heterocycles. The van der Waals surface area contributed by atoms with Crippen molar-refractivity contribution in [1.82, 2.24) is 5.32 Å². The molecule has 148 valence electrons. The van der Waals surface area contributed by atoms with Crippen LogP contribution in [0.4, 0.5) is 5.69 Å². The van der Waals surface area contributed by atoms with Crippen molar-refractivity contribution in [2.24, 2.45) is 34.1 Å². The fourth-order valence-corrected chi connectivity index (χ4v) is 6.07. The van der Waals surface area contributed by atoms with Crippen LogP contribution in [0.25, 0.3) is 6.08 Å². The Balaban J connectivity index is 1.46. The van der Waals surface area contributed by atoms with E-state index in [0.29, 0.717) is 17.3 Å². The third-order valence-corrected chi connectivity index (χ3v) is 7.22. The summed E-state index contributed by atoms with van der Waals surface area (Å²) in [6.45, 7) is 7.41. The smallest absolute Gasteiger partial charge is 0.211 e. The van der Waals surface area contributed by atoms with Gasteiger partial charge in [-0.05, 0) is 85.3 Å². The molecule has 28 heavy (non-hydrogen) atoms. The lowest BCUT2D eigenvalue weighted by Gasteiger charge is -2.33. The second kappa shape index (κ2) is 7.62. The van der Waals surface area contributed by atoms with E-state index in [-0.39, 0.29) is 0 Å². The van der Waals surface area contributed by atoms with Crippen LogP contribution in [0.1, 0.15) is 57.1 Å². The SMILES string of the molecule is Cc1c(/C=C\C(C)C)cccc1N/C(=N/C#N)NCC12CC3CC(CC1C3)C2. The maximum atomic E-state index is 9.18. The zero-order chi connectivity index (χ0) is 19.7. The molecule has 0 amide bonds. The first kappa shape index (κ1) is 19.1. The number of nitriles is 1. The van der Waals surface area contributed by atoms with Crippen molar-refractivity contribution in [2.45, 2.75) is 52.9 Å². The standard InChI is InChI=1S/C24H32N4/c1-16(2)7-8-20-5-4-6-22(17(20)3)28-23(27-15-25)26-14-24-12-18-9-19(13-24)11-21(24)10-18/h4-8,16,18-19,21H,9-14H2,1-3H3,(H2,26,27,28)/b8-7-. The minimum absolute atomic E-state index is 0.433. The summed E-state index contributed by atoms with van der Waals surface area (Å²) in [6.07, 6.45) is 13.3. The van der Waals surface area contributed by atoms with Crippen LogP contribution in [-0.4, -0.2) is 12.5 Å². The molecule has 0 saturated heterocycles. The highest BCUT2D eigenvalue weighted by atomic mass is 15.2. The summed E-state index contributed by atoms with van der Waals surface area (Å²) in [5.74, 6) is 3.85. The first-order valence-electron chi connectivity index (χ1n) is 10.7. The van der Waals surface area contributed by atoms with Crippen molar-refractivity contribution in [3.63, 3.8) is 0 Å². The number of nitrogens with zero attached hydrogens (tertiary/aromatic N) is 2. The summed E-state index contributed by atoms with van der Waals surface area (Å²) in [6, 6.07) is 6.23. The number of guanidine groups is 1. The minimum Gasteiger partial charge on any atom is -0.355 e. The average molecular weight is 377 g/mol. The van der Waals surface area contributed by atoms with Gasteiger partial charge in [0.2, 0.25) is 12.2 Å². The molecule has 0 spiro atoms. The molecule has 4 bridgehead atoms. The van der Waals surface area contributed by atoms with E-state index in [1.165, 1.54) is 43.2 Å². The summed E-state index contributed by atoms with van der Waals surface area (Å²) < 4.78 is 0. The van der Waals surface area contributed by atoms with Crippen LogP contribution in [0.2, 0.25) is 0 Å².